The van der Waals surface area contributed by atoms with Gasteiger partial charge in [0, 0.05) is 27.9 Å². The molecule has 0 N–H and O–H groups in total. The third-order valence-corrected chi connectivity index (χ3v) is 5.40. The van der Waals surface area contributed by atoms with Crippen molar-refractivity contribution >= 4 is 17.3 Å². The van der Waals surface area contributed by atoms with Crippen molar-refractivity contribution < 1.29 is 4.74 Å². The molecule has 7 heteroatoms. The minimum Gasteiger partial charge on any atom is -0.479 e. The van der Waals surface area contributed by atoms with Crippen LogP contribution < -0.4 is 4.74 Å². The third kappa shape index (κ3) is 3.86. The Bertz CT molecular complexity index is 1380. The van der Waals surface area contributed by atoms with Crippen LogP contribution in [0.25, 0.3) is 5.69 Å². The van der Waals surface area contributed by atoms with Gasteiger partial charge in [0.25, 0.3) is 0 Å². The molecule has 0 saturated carbocycles. The summed E-state index contributed by atoms with van der Waals surface area (Å²) in [6.07, 6.45) is 3.37. The highest BCUT2D eigenvalue weighted by atomic mass is 35.5. The number of ether oxygens (including phenoxy) is 1. The van der Waals surface area contributed by atoms with Gasteiger partial charge in [-0.1, -0.05) is 41.6 Å². The maximum atomic E-state index is 6.53. The number of benzene rings is 2. The van der Waals surface area contributed by atoms with Crippen LogP contribution in [0.1, 0.15) is 28.3 Å². The molecule has 0 aliphatic carbocycles. The van der Waals surface area contributed by atoms with Crippen molar-refractivity contribution in [2.24, 2.45) is 4.99 Å². The molecule has 2 aromatic heterocycles. The zero-order valence-corrected chi connectivity index (χ0v) is 18.0. The summed E-state index contributed by atoms with van der Waals surface area (Å²) in [5.74, 6) is 8.53. The van der Waals surface area contributed by atoms with Gasteiger partial charge in [-0.3, -0.25) is 14.5 Å². The predicted octanol–water partition coefficient (Wildman–Crippen LogP) is 4.41. The predicted molar refractivity (Wildman–Crippen MR) is 124 cm³/mol. The zero-order valence-electron chi connectivity index (χ0n) is 17.3. The number of nitrogens with zero attached hydrogens (tertiary/aromatic N) is 5. The Morgan fingerprint density at radius 2 is 1.97 bits per heavy atom. The highest BCUT2D eigenvalue weighted by Gasteiger charge is 2.22. The number of halogens is 1. The van der Waals surface area contributed by atoms with Crippen LogP contribution in [0.2, 0.25) is 5.02 Å². The van der Waals surface area contributed by atoms with E-state index in [1.807, 2.05) is 66.1 Å². The summed E-state index contributed by atoms with van der Waals surface area (Å²) >= 11 is 6.53. The molecule has 156 valence electrons. The normalized spacial score (nSPS) is 12.0. The molecule has 0 radical (unpaired) electrons. The summed E-state index contributed by atoms with van der Waals surface area (Å²) in [4.78, 5) is 8.89. The van der Waals surface area contributed by atoms with Crippen molar-refractivity contribution in [3.63, 3.8) is 0 Å². The highest BCUT2D eigenvalue weighted by Crippen LogP contribution is 2.29. The van der Waals surface area contributed by atoms with Crippen molar-refractivity contribution in [3.05, 3.63) is 100 Å². The summed E-state index contributed by atoms with van der Waals surface area (Å²) in [5.41, 5.74) is 4.42. The van der Waals surface area contributed by atoms with Crippen molar-refractivity contribution in [1.82, 2.24) is 19.7 Å². The molecule has 1 aliphatic rings. The fourth-order valence-corrected chi connectivity index (χ4v) is 3.85. The van der Waals surface area contributed by atoms with E-state index in [4.69, 9.17) is 21.3 Å². The molecule has 0 amide bonds. The number of hydrogen-bond donors (Lipinski definition) is 0. The van der Waals surface area contributed by atoms with Crippen LogP contribution in [-0.4, -0.2) is 32.1 Å². The average molecular weight is 440 g/mol. The lowest BCUT2D eigenvalue weighted by Gasteiger charge is -2.14. The molecule has 0 unspecified atom stereocenters. The van der Waals surface area contributed by atoms with Crippen molar-refractivity contribution in [1.29, 1.82) is 0 Å². The SMILES string of the molecule is Cc1nnc2n1-c1ccc(C#CCOc3cccnc3)cc1C(c1ccccc1Cl)=NC2. The number of rotatable bonds is 3. The lowest BCUT2D eigenvalue weighted by Crippen LogP contribution is -2.09. The first-order chi connectivity index (χ1) is 15.7. The van der Waals surface area contributed by atoms with Gasteiger partial charge < -0.3 is 4.74 Å². The van der Waals surface area contributed by atoms with E-state index in [-0.39, 0.29) is 6.61 Å². The third-order valence-electron chi connectivity index (χ3n) is 5.07. The Hall–Kier alpha value is -3.95. The van der Waals surface area contributed by atoms with E-state index in [1.165, 1.54) is 0 Å². The summed E-state index contributed by atoms with van der Waals surface area (Å²) in [5, 5.41) is 9.18. The second-order valence-corrected chi connectivity index (χ2v) is 7.56. The average Bonchev–Trinajstić information content (AvgIpc) is 3.10. The molecule has 0 bridgehead atoms. The smallest absolute Gasteiger partial charge is 0.159 e. The molecule has 0 spiro atoms. The van der Waals surface area contributed by atoms with Gasteiger partial charge in [0.15, 0.2) is 5.82 Å². The Morgan fingerprint density at radius 1 is 1.06 bits per heavy atom. The van der Waals surface area contributed by atoms with Gasteiger partial charge >= 0.3 is 0 Å². The van der Waals surface area contributed by atoms with Crippen molar-refractivity contribution in [2.75, 3.05) is 6.61 Å². The standard InChI is InChI=1S/C25H18ClN5O/c1-17-29-30-24-16-28-25(20-8-2-3-9-22(20)26)21-14-18(10-11-23(21)31(17)24)6-5-13-32-19-7-4-12-27-15-19/h2-4,7-12,14-15H,13,16H2,1H3. The van der Waals surface area contributed by atoms with Crippen molar-refractivity contribution in [3.8, 4) is 23.3 Å². The first-order valence-electron chi connectivity index (χ1n) is 10.1. The van der Waals surface area contributed by atoms with Gasteiger partial charge in [0.2, 0.25) is 0 Å². The maximum absolute atomic E-state index is 6.53. The van der Waals surface area contributed by atoms with Crippen LogP contribution in [0.3, 0.4) is 0 Å². The zero-order chi connectivity index (χ0) is 21.9. The van der Waals surface area contributed by atoms with Crippen LogP contribution >= 0.6 is 11.6 Å². The molecule has 0 fully saturated rings. The molecule has 0 atom stereocenters. The molecule has 1 aliphatic heterocycles. The Labute approximate surface area is 190 Å². The highest BCUT2D eigenvalue weighted by molar-refractivity contribution is 6.35. The molecular formula is C25H18ClN5O. The Balaban J connectivity index is 1.54. The van der Waals surface area contributed by atoms with Gasteiger partial charge in [-0.2, -0.15) is 0 Å². The largest absolute Gasteiger partial charge is 0.479 e. The lowest BCUT2D eigenvalue weighted by molar-refractivity contribution is 0.368. The maximum Gasteiger partial charge on any atom is 0.159 e. The minimum absolute atomic E-state index is 0.267. The minimum atomic E-state index is 0.267. The van der Waals surface area contributed by atoms with Gasteiger partial charge in [0.05, 0.1) is 17.6 Å². The molecule has 3 heterocycles. The monoisotopic (exact) mass is 439 g/mol. The van der Waals surface area contributed by atoms with Gasteiger partial charge in [0.1, 0.15) is 24.7 Å². The Kier molecular flexibility index (Phi) is 5.40. The van der Waals surface area contributed by atoms with Crippen LogP contribution in [0.15, 0.2) is 72.0 Å². The molecule has 6 nitrogen and oxygen atoms in total. The quantitative estimate of drug-likeness (QED) is 0.444. The molecule has 2 aromatic carbocycles. The fourth-order valence-electron chi connectivity index (χ4n) is 3.63. The number of hydrogen-bond acceptors (Lipinski definition) is 5. The van der Waals surface area contributed by atoms with E-state index in [1.54, 1.807) is 12.4 Å². The van der Waals surface area contributed by atoms with Crippen LogP contribution in [0.5, 0.6) is 5.75 Å². The van der Waals surface area contributed by atoms with Gasteiger partial charge in [-0.05, 0) is 43.3 Å². The number of pyridine rings is 1. The van der Waals surface area contributed by atoms with E-state index in [0.29, 0.717) is 17.3 Å². The van der Waals surface area contributed by atoms with E-state index in [9.17, 15) is 0 Å². The van der Waals surface area contributed by atoms with Gasteiger partial charge in [-0.15, -0.1) is 10.2 Å². The number of aromatic nitrogens is 4. The summed E-state index contributed by atoms with van der Waals surface area (Å²) < 4.78 is 7.65. The molecule has 0 saturated heterocycles. The van der Waals surface area contributed by atoms with Gasteiger partial charge in [-0.25, -0.2) is 0 Å². The van der Waals surface area contributed by atoms with Crippen LogP contribution in [0, 0.1) is 18.8 Å². The number of aryl methyl sites for hydroxylation is 1. The van der Waals surface area contributed by atoms with E-state index < -0.39 is 0 Å². The molecular weight excluding hydrogens is 422 g/mol. The molecule has 4 aromatic rings. The summed E-state index contributed by atoms with van der Waals surface area (Å²) in [7, 11) is 0. The van der Waals surface area contributed by atoms with E-state index in [2.05, 4.69) is 27.0 Å². The second kappa shape index (κ2) is 8.66. The fraction of sp³-hybridized carbons (Fsp3) is 0.120. The van der Waals surface area contributed by atoms with E-state index in [0.717, 1.165) is 39.7 Å². The lowest BCUT2D eigenvalue weighted by atomic mass is 9.98. The second-order valence-electron chi connectivity index (χ2n) is 7.15. The Morgan fingerprint density at radius 3 is 2.81 bits per heavy atom. The summed E-state index contributed by atoms with van der Waals surface area (Å²) in [6, 6.07) is 17.4. The van der Waals surface area contributed by atoms with Crippen LogP contribution in [0.4, 0.5) is 0 Å². The first kappa shape index (κ1) is 20.0. The number of fused-ring (bicyclic) bond motifs is 3. The van der Waals surface area contributed by atoms with Crippen molar-refractivity contribution in [2.45, 2.75) is 13.5 Å². The molecule has 5 rings (SSSR count). The molecule has 32 heavy (non-hydrogen) atoms. The van der Waals surface area contributed by atoms with E-state index >= 15 is 0 Å². The topological polar surface area (TPSA) is 65.2 Å². The number of aliphatic imine (C=N–C) groups is 1. The summed E-state index contributed by atoms with van der Waals surface area (Å²) in [6.45, 7) is 2.61. The first-order valence-corrected chi connectivity index (χ1v) is 10.5. The van der Waals surface area contributed by atoms with Crippen LogP contribution in [-0.2, 0) is 6.54 Å².